The van der Waals surface area contributed by atoms with E-state index in [9.17, 15) is 0 Å². The number of hydrogen-bond donors (Lipinski definition) is 0. The molecule has 0 aliphatic carbocycles. The topological polar surface area (TPSA) is 0 Å². The maximum atomic E-state index is 2.46. The molecule has 2 aliphatic heterocycles. The molecule has 2 heterocycles. The second kappa shape index (κ2) is 13.2. The summed E-state index contributed by atoms with van der Waals surface area (Å²) in [6.45, 7) is 4.44. The summed E-state index contributed by atoms with van der Waals surface area (Å²) in [6.07, 6.45) is 6.93. The highest BCUT2D eigenvalue weighted by Crippen LogP contribution is 2.51. The van der Waals surface area contributed by atoms with Crippen LogP contribution >= 0.6 is 23.5 Å². The number of thioether (sulfide) groups is 2. The van der Waals surface area contributed by atoms with Crippen LogP contribution in [0.25, 0.3) is 53.6 Å². The zero-order chi connectivity index (χ0) is 33.6. The SMILES string of the molecule is Cc1ccc2c(-c3cccc(C4CC=C(c5ccccc5)S4)c3)c3cc(C)ccc3c(-c3cccc(C4CC=C(c5ccccc5)S4)c3)c2c1. The Hall–Kier alpha value is -4.76. The predicted octanol–water partition coefficient (Wildman–Crippen LogP) is 14.4. The quantitative estimate of drug-likeness (QED) is 0.161. The van der Waals surface area contributed by atoms with Gasteiger partial charge in [0.05, 0.1) is 0 Å². The van der Waals surface area contributed by atoms with Gasteiger partial charge in [0.15, 0.2) is 0 Å². The molecule has 242 valence electrons. The average Bonchev–Trinajstić information content (AvgIpc) is 3.87. The predicted molar refractivity (Wildman–Crippen MR) is 221 cm³/mol. The second-order valence-electron chi connectivity index (χ2n) is 13.7. The standard InChI is InChI=1S/C48H38S2/c1-31-19-21-39-41(27-31)47(37-17-9-15-35(29-37)45-25-23-43(49-45)33-11-5-3-6-12-33)40-22-20-32(2)28-42(40)48(39)38-18-10-16-36(30-38)46-26-24-44(50-46)34-13-7-4-8-14-34/h3-24,27-30,45-46H,25-26H2,1-2H3. The molecule has 50 heavy (non-hydrogen) atoms. The molecule has 0 N–H and O–H groups in total. The number of aryl methyl sites for hydroxylation is 2. The molecule has 0 bridgehead atoms. The van der Waals surface area contributed by atoms with Crippen molar-refractivity contribution in [2.45, 2.75) is 37.2 Å². The first-order chi connectivity index (χ1) is 24.6. The van der Waals surface area contributed by atoms with Gasteiger partial charge in [-0.2, -0.15) is 0 Å². The van der Waals surface area contributed by atoms with Crippen molar-refractivity contribution in [3.8, 4) is 22.3 Å². The molecule has 9 rings (SSSR count). The van der Waals surface area contributed by atoms with Crippen molar-refractivity contribution in [1.82, 2.24) is 0 Å². The van der Waals surface area contributed by atoms with Crippen molar-refractivity contribution >= 4 is 54.9 Å². The van der Waals surface area contributed by atoms with Crippen molar-refractivity contribution in [1.29, 1.82) is 0 Å². The van der Waals surface area contributed by atoms with E-state index in [4.69, 9.17) is 0 Å². The Labute approximate surface area is 304 Å². The molecule has 0 nitrogen and oxygen atoms in total. The molecule has 0 radical (unpaired) electrons. The minimum Gasteiger partial charge on any atom is -0.117 e. The van der Waals surface area contributed by atoms with Gasteiger partial charge in [-0.3, -0.25) is 0 Å². The highest BCUT2D eigenvalue weighted by Gasteiger charge is 2.24. The molecule has 0 amide bonds. The largest absolute Gasteiger partial charge is 0.117 e. The van der Waals surface area contributed by atoms with Crippen LogP contribution in [0.3, 0.4) is 0 Å². The zero-order valence-electron chi connectivity index (χ0n) is 28.4. The first-order valence-corrected chi connectivity index (χ1v) is 19.4. The summed E-state index contributed by atoms with van der Waals surface area (Å²) in [7, 11) is 0. The number of hydrogen-bond acceptors (Lipinski definition) is 2. The summed E-state index contributed by atoms with van der Waals surface area (Å²) in [5.41, 5.74) is 13.2. The number of fused-ring (bicyclic) bond motifs is 2. The van der Waals surface area contributed by atoms with Crippen LogP contribution in [0.2, 0.25) is 0 Å². The fourth-order valence-electron chi connectivity index (χ4n) is 7.78. The van der Waals surface area contributed by atoms with Gasteiger partial charge in [-0.05, 0) is 105 Å². The van der Waals surface area contributed by atoms with E-state index in [1.807, 2.05) is 23.5 Å². The van der Waals surface area contributed by atoms with Crippen molar-refractivity contribution in [3.05, 3.63) is 191 Å². The minimum absolute atomic E-state index is 0.416. The maximum Gasteiger partial charge on any atom is 0.0379 e. The third kappa shape index (κ3) is 5.81. The van der Waals surface area contributed by atoms with E-state index in [0.29, 0.717) is 10.5 Å². The summed E-state index contributed by atoms with van der Waals surface area (Å²) in [5, 5.41) is 6.11. The first-order valence-electron chi connectivity index (χ1n) is 17.6. The summed E-state index contributed by atoms with van der Waals surface area (Å²) in [4.78, 5) is 2.77. The van der Waals surface area contributed by atoms with Crippen molar-refractivity contribution in [2.75, 3.05) is 0 Å². The van der Waals surface area contributed by atoms with E-state index < -0.39 is 0 Å². The molecule has 7 aromatic carbocycles. The van der Waals surface area contributed by atoms with Crippen LogP contribution in [0.4, 0.5) is 0 Å². The monoisotopic (exact) mass is 678 g/mol. The normalized spacial score (nSPS) is 17.3. The molecule has 0 spiro atoms. The van der Waals surface area contributed by atoms with Gasteiger partial charge in [0.1, 0.15) is 0 Å². The van der Waals surface area contributed by atoms with E-state index in [2.05, 4.69) is 172 Å². The lowest BCUT2D eigenvalue weighted by Gasteiger charge is -2.20. The third-order valence-corrected chi connectivity index (χ3v) is 13.0. The van der Waals surface area contributed by atoms with E-state index in [-0.39, 0.29) is 0 Å². The lowest BCUT2D eigenvalue weighted by molar-refractivity contribution is 0.991. The van der Waals surface area contributed by atoms with Gasteiger partial charge >= 0.3 is 0 Å². The van der Waals surface area contributed by atoms with Gasteiger partial charge in [-0.25, -0.2) is 0 Å². The smallest absolute Gasteiger partial charge is 0.0379 e. The van der Waals surface area contributed by atoms with E-state index in [1.165, 1.54) is 87.0 Å². The van der Waals surface area contributed by atoms with Crippen LogP contribution < -0.4 is 0 Å². The third-order valence-electron chi connectivity index (χ3n) is 10.2. The van der Waals surface area contributed by atoms with E-state index in [1.54, 1.807) is 0 Å². The Balaban J connectivity index is 1.15. The Kier molecular flexibility index (Phi) is 8.23. The fraction of sp³-hybridized carbons (Fsp3) is 0.125. The van der Waals surface area contributed by atoms with Gasteiger partial charge in [0.2, 0.25) is 0 Å². The molecule has 7 aromatic rings. The molecular weight excluding hydrogens is 641 g/mol. The molecule has 0 aromatic heterocycles. The minimum atomic E-state index is 0.416. The van der Waals surface area contributed by atoms with E-state index in [0.717, 1.165) is 12.8 Å². The lowest BCUT2D eigenvalue weighted by Crippen LogP contribution is -1.95. The molecule has 0 saturated heterocycles. The van der Waals surface area contributed by atoms with Crippen molar-refractivity contribution < 1.29 is 0 Å². The Bertz CT molecular complexity index is 2280. The first kappa shape index (κ1) is 31.2. The molecule has 0 saturated carbocycles. The van der Waals surface area contributed by atoms with Crippen LogP contribution in [0.5, 0.6) is 0 Å². The fourth-order valence-corrected chi connectivity index (χ4v) is 10.3. The number of benzene rings is 7. The van der Waals surface area contributed by atoms with Crippen LogP contribution in [0.1, 0.15) is 56.7 Å². The van der Waals surface area contributed by atoms with Gasteiger partial charge in [0.25, 0.3) is 0 Å². The van der Waals surface area contributed by atoms with Gasteiger partial charge < -0.3 is 0 Å². The van der Waals surface area contributed by atoms with Crippen molar-refractivity contribution in [2.24, 2.45) is 0 Å². The summed E-state index contributed by atoms with van der Waals surface area (Å²) in [6, 6.07) is 54.5. The van der Waals surface area contributed by atoms with Gasteiger partial charge in [-0.15, -0.1) is 23.5 Å². The van der Waals surface area contributed by atoms with Crippen LogP contribution in [0, 0.1) is 13.8 Å². The summed E-state index contributed by atoms with van der Waals surface area (Å²) >= 11 is 4.00. The number of allylic oxidation sites excluding steroid dienone is 2. The van der Waals surface area contributed by atoms with Gasteiger partial charge in [-0.1, -0.05) is 157 Å². The summed E-state index contributed by atoms with van der Waals surface area (Å²) < 4.78 is 0. The lowest BCUT2D eigenvalue weighted by atomic mass is 9.84. The highest BCUT2D eigenvalue weighted by molar-refractivity contribution is 8.09. The van der Waals surface area contributed by atoms with Gasteiger partial charge in [0, 0.05) is 20.3 Å². The Morgan fingerprint density at radius 1 is 0.400 bits per heavy atom. The van der Waals surface area contributed by atoms with Crippen LogP contribution in [-0.2, 0) is 0 Å². The zero-order valence-corrected chi connectivity index (χ0v) is 30.0. The summed E-state index contributed by atoms with van der Waals surface area (Å²) in [5.74, 6) is 0. The average molecular weight is 679 g/mol. The molecule has 2 atom stereocenters. The Morgan fingerprint density at radius 2 is 0.820 bits per heavy atom. The molecular formula is C48H38S2. The second-order valence-corrected chi connectivity index (χ2v) is 16.1. The van der Waals surface area contributed by atoms with Crippen molar-refractivity contribution in [3.63, 3.8) is 0 Å². The molecule has 2 aliphatic rings. The highest BCUT2D eigenvalue weighted by atomic mass is 32.2. The van der Waals surface area contributed by atoms with E-state index >= 15 is 0 Å². The molecule has 2 heteroatoms. The van der Waals surface area contributed by atoms with Crippen LogP contribution in [0.15, 0.2) is 158 Å². The molecule has 0 fully saturated rings. The number of rotatable bonds is 6. The Morgan fingerprint density at radius 3 is 1.26 bits per heavy atom. The van der Waals surface area contributed by atoms with Crippen LogP contribution in [-0.4, -0.2) is 0 Å². The maximum absolute atomic E-state index is 2.46. The molecule has 2 unspecified atom stereocenters.